The number of carbonyl (C=O) groups is 1. The SMILES string of the molecule is Cc1cc(C2CC2)cc(C)c1N(N)C(=O)OCc1ccccc1. The van der Waals surface area contributed by atoms with Crippen molar-refractivity contribution in [3.63, 3.8) is 0 Å². The average molecular weight is 310 g/mol. The molecule has 0 aliphatic heterocycles. The first-order chi connectivity index (χ1) is 11.1. The largest absolute Gasteiger partial charge is 0.443 e. The molecule has 1 aliphatic rings. The summed E-state index contributed by atoms with van der Waals surface area (Å²) in [7, 11) is 0. The summed E-state index contributed by atoms with van der Waals surface area (Å²) in [6.07, 6.45) is 1.96. The Hall–Kier alpha value is -2.33. The zero-order valence-electron chi connectivity index (χ0n) is 13.6. The second-order valence-corrected chi connectivity index (χ2v) is 6.19. The maximum atomic E-state index is 12.2. The molecule has 0 radical (unpaired) electrons. The van der Waals surface area contributed by atoms with Crippen molar-refractivity contribution in [2.45, 2.75) is 39.2 Å². The summed E-state index contributed by atoms with van der Waals surface area (Å²) >= 11 is 0. The van der Waals surface area contributed by atoms with Crippen molar-refractivity contribution in [3.8, 4) is 0 Å². The van der Waals surface area contributed by atoms with E-state index in [0.29, 0.717) is 5.92 Å². The summed E-state index contributed by atoms with van der Waals surface area (Å²) in [6, 6.07) is 13.8. The van der Waals surface area contributed by atoms with Crippen molar-refractivity contribution in [1.82, 2.24) is 0 Å². The van der Waals surface area contributed by atoms with Gasteiger partial charge in [-0.05, 0) is 54.9 Å². The lowest BCUT2D eigenvalue weighted by Gasteiger charge is -2.21. The van der Waals surface area contributed by atoms with Crippen LogP contribution in [0.1, 0.15) is 41.0 Å². The van der Waals surface area contributed by atoms with Gasteiger partial charge in [0, 0.05) is 0 Å². The molecule has 1 aliphatic carbocycles. The van der Waals surface area contributed by atoms with Crippen LogP contribution in [0.5, 0.6) is 0 Å². The molecule has 4 heteroatoms. The number of carbonyl (C=O) groups excluding carboxylic acids is 1. The van der Waals surface area contributed by atoms with Gasteiger partial charge in [0.05, 0.1) is 5.69 Å². The molecule has 3 rings (SSSR count). The van der Waals surface area contributed by atoms with Crippen LogP contribution in [0.4, 0.5) is 10.5 Å². The Labute approximate surface area is 136 Å². The van der Waals surface area contributed by atoms with Crippen molar-refractivity contribution in [2.75, 3.05) is 5.01 Å². The first kappa shape index (κ1) is 15.6. The fraction of sp³-hybridized carbons (Fsp3) is 0.316. The number of anilines is 1. The predicted octanol–water partition coefficient (Wildman–Crippen LogP) is 4.20. The van der Waals surface area contributed by atoms with Gasteiger partial charge in [-0.3, -0.25) is 0 Å². The Morgan fingerprint density at radius 1 is 1.17 bits per heavy atom. The summed E-state index contributed by atoms with van der Waals surface area (Å²) in [5.74, 6) is 6.68. The number of benzene rings is 2. The van der Waals surface area contributed by atoms with Gasteiger partial charge in [-0.1, -0.05) is 42.5 Å². The molecule has 0 spiro atoms. The molecule has 1 fully saturated rings. The van der Waals surface area contributed by atoms with Crippen LogP contribution in [0, 0.1) is 13.8 Å². The van der Waals surface area contributed by atoms with Crippen molar-refractivity contribution < 1.29 is 9.53 Å². The maximum absolute atomic E-state index is 12.2. The van der Waals surface area contributed by atoms with E-state index < -0.39 is 6.09 Å². The molecular weight excluding hydrogens is 288 g/mol. The normalized spacial score (nSPS) is 13.7. The van der Waals surface area contributed by atoms with Gasteiger partial charge >= 0.3 is 6.09 Å². The van der Waals surface area contributed by atoms with Crippen LogP contribution >= 0.6 is 0 Å². The molecule has 0 atom stereocenters. The van der Waals surface area contributed by atoms with E-state index in [1.165, 1.54) is 18.4 Å². The molecule has 0 bridgehead atoms. The molecule has 1 amide bonds. The Morgan fingerprint density at radius 2 is 1.78 bits per heavy atom. The second-order valence-electron chi connectivity index (χ2n) is 6.19. The summed E-state index contributed by atoms with van der Waals surface area (Å²) in [4.78, 5) is 12.2. The van der Waals surface area contributed by atoms with Gasteiger partial charge in [-0.25, -0.2) is 15.6 Å². The van der Waals surface area contributed by atoms with E-state index >= 15 is 0 Å². The molecule has 0 unspecified atom stereocenters. The minimum absolute atomic E-state index is 0.214. The molecule has 23 heavy (non-hydrogen) atoms. The molecular formula is C19H22N2O2. The van der Waals surface area contributed by atoms with E-state index in [-0.39, 0.29) is 6.61 Å². The highest BCUT2D eigenvalue weighted by molar-refractivity contribution is 5.88. The number of nitrogens with zero attached hydrogens (tertiary/aromatic N) is 1. The van der Waals surface area contributed by atoms with E-state index in [4.69, 9.17) is 10.6 Å². The monoisotopic (exact) mass is 310 g/mol. The first-order valence-corrected chi connectivity index (χ1v) is 7.93. The van der Waals surface area contributed by atoms with Gasteiger partial charge < -0.3 is 4.74 Å². The van der Waals surface area contributed by atoms with Crippen LogP contribution in [0.3, 0.4) is 0 Å². The van der Waals surface area contributed by atoms with Gasteiger partial charge in [0.15, 0.2) is 0 Å². The quantitative estimate of drug-likeness (QED) is 0.523. The number of hydrogen-bond donors (Lipinski definition) is 1. The van der Waals surface area contributed by atoms with Crippen LogP contribution in [-0.2, 0) is 11.3 Å². The van der Waals surface area contributed by atoms with Gasteiger partial charge in [0.25, 0.3) is 0 Å². The minimum Gasteiger partial charge on any atom is -0.443 e. The predicted molar refractivity (Wildman–Crippen MR) is 91.2 cm³/mol. The second kappa shape index (κ2) is 6.42. The number of nitrogens with two attached hydrogens (primary N) is 1. The summed E-state index contributed by atoms with van der Waals surface area (Å²) < 4.78 is 5.31. The highest BCUT2D eigenvalue weighted by atomic mass is 16.6. The zero-order chi connectivity index (χ0) is 16.4. The number of hydrogen-bond acceptors (Lipinski definition) is 3. The lowest BCUT2D eigenvalue weighted by atomic mass is 10.0. The fourth-order valence-corrected chi connectivity index (χ4v) is 2.90. The molecule has 2 aromatic rings. The number of amides is 1. The number of aryl methyl sites for hydroxylation is 2. The van der Waals surface area contributed by atoms with Crippen LogP contribution in [-0.4, -0.2) is 6.09 Å². The third kappa shape index (κ3) is 3.54. The van der Waals surface area contributed by atoms with Crippen LogP contribution in [0.15, 0.2) is 42.5 Å². The molecule has 120 valence electrons. The summed E-state index contributed by atoms with van der Waals surface area (Å²) in [5.41, 5.74) is 5.02. The fourth-order valence-electron chi connectivity index (χ4n) is 2.90. The molecule has 4 nitrogen and oxygen atoms in total. The van der Waals surface area contributed by atoms with Gasteiger partial charge in [-0.15, -0.1) is 0 Å². The molecule has 0 aromatic heterocycles. The number of rotatable bonds is 4. The average Bonchev–Trinajstić information content (AvgIpc) is 3.37. The van der Waals surface area contributed by atoms with Crippen molar-refractivity contribution in [3.05, 3.63) is 64.7 Å². The van der Waals surface area contributed by atoms with E-state index in [0.717, 1.165) is 27.4 Å². The minimum atomic E-state index is -0.542. The van der Waals surface area contributed by atoms with Gasteiger partial charge in [0.1, 0.15) is 6.61 Å². The van der Waals surface area contributed by atoms with Crippen molar-refractivity contribution >= 4 is 11.8 Å². The summed E-state index contributed by atoms with van der Waals surface area (Å²) in [6.45, 7) is 4.18. The van der Waals surface area contributed by atoms with Gasteiger partial charge in [0.2, 0.25) is 0 Å². The highest BCUT2D eigenvalue weighted by Gasteiger charge is 2.26. The highest BCUT2D eigenvalue weighted by Crippen LogP contribution is 2.42. The van der Waals surface area contributed by atoms with E-state index in [1.807, 2.05) is 44.2 Å². The van der Waals surface area contributed by atoms with E-state index in [2.05, 4.69) is 12.1 Å². The van der Waals surface area contributed by atoms with Gasteiger partial charge in [-0.2, -0.15) is 0 Å². The molecule has 2 N–H and O–H groups in total. The Kier molecular flexibility index (Phi) is 4.35. The zero-order valence-corrected chi connectivity index (χ0v) is 13.6. The Balaban J connectivity index is 1.71. The van der Waals surface area contributed by atoms with E-state index in [1.54, 1.807) is 0 Å². The lowest BCUT2D eigenvalue weighted by Crippen LogP contribution is -2.39. The number of ether oxygens (including phenoxy) is 1. The van der Waals surface area contributed by atoms with Crippen LogP contribution in [0.2, 0.25) is 0 Å². The molecule has 2 aromatic carbocycles. The van der Waals surface area contributed by atoms with E-state index in [9.17, 15) is 4.79 Å². The van der Waals surface area contributed by atoms with Crippen molar-refractivity contribution in [2.24, 2.45) is 5.84 Å². The standard InChI is InChI=1S/C19H22N2O2/c1-13-10-17(16-8-9-16)11-14(2)18(13)21(20)19(22)23-12-15-6-4-3-5-7-15/h3-7,10-11,16H,8-9,12,20H2,1-2H3. The topological polar surface area (TPSA) is 55.6 Å². The molecule has 0 heterocycles. The molecule has 0 saturated heterocycles. The van der Waals surface area contributed by atoms with Crippen molar-refractivity contribution in [1.29, 1.82) is 0 Å². The first-order valence-electron chi connectivity index (χ1n) is 7.93. The smallest absolute Gasteiger partial charge is 0.429 e. The van der Waals surface area contributed by atoms with Crippen LogP contribution < -0.4 is 10.9 Å². The summed E-state index contributed by atoms with van der Waals surface area (Å²) in [5, 5.41) is 1.12. The maximum Gasteiger partial charge on any atom is 0.429 e. The Bertz CT molecular complexity index is 686. The third-order valence-corrected chi connectivity index (χ3v) is 4.20. The number of hydrazine groups is 1. The molecule has 1 saturated carbocycles. The Morgan fingerprint density at radius 3 is 2.35 bits per heavy atom. The lowest BCUT2D eigenvalue weighted by molar-refractivity contribution is 0.147. The van der Waals surface area contributed by atoms with Crippen LogP contribution in [0.25, 0.3) is 0 Å². The third-order valence-electron chi connectivity index (χ3n) is 4.20.